The first-order valence-electron chi connectivity index (χ1n) is 7.72. The molecule has 1 aliphatic heterocycles. The topological polar surface area (TPSA) is 47.6 Å². The van der Waals surface area contributed by atoms with Crippen molar-refractivity contribution < 1.29 is 23.0 Å². The average Bonchev–Trinajstić information content (AvgIpc) is 3.06. The summed E-state index contributed by atoms with van der Waals surface area (Å²) in [7, 11) is 0. The maximum atomic E-state index is 13.1. The van der Waals surface area contributed by atoms with Gasteiger partial charge in [0.05, 0.1) is 6.10 Å². The first-order valence-corrected chi connectivity index (χ1v) is 7.72. The number of hydrogen-bond donors (Lipinski definition) is 1. The smallest absolute Gasteiger partial charge is 0.255 e. The highest BCUT2D eigenvalue weighted by atomic mass is 19.1. The fourth-order valence-electron chi connectivity index (χ4n) is 2.50. The van der Waals surface area contributed by atoms with E-state index in [2.05, 4.69) is 5.32 Å². The van der Waals surface area contributed by atoms with Crippen LogP contribution in [-0.2, 0) is 4.74 Å². The lowest BCUT2D eigenvalue weighted by atomic mass is 10.2. The maximum absolute atomic E-state index is 13.1. The van der Waals surface area contributed by atoms with Crippen LogP contribution in [0.5, 0.6) is 5.75 Å². The van der Waals surface area contributed by atoms with Gasteiger partial charge in [0.25, 0.3) is 5.91 Å². The summed E-state index contributed by atoms with van der Waals surface area (Å²) in [6.45, 7) is 1.25. The minimum absolute atomic E-state index is 0.0659. The number of ether oxygens (including phenoxy) is 2. The zero-order chi connectivity index (χ0) is 16.9. The fraction of sp³-hybridized carbons (Fsp3) is 0.278. The van der Waals surface area contributed by atoms with E-state index in [0.717, 1.165) is 37.6 Å². The predicted molar refractivity (Wildman–Crippen MR) is 85.2 cm³/mol. The number of hydrogen-bond acceptors (Lipinski definition) is 3. The van der Waals surface area contributed by atoms with Crippen molar-refractivity contribution in [3.63, 3.8) is 0 Å². The number of halogens is 2. The van der Waals surface area contributed by atoms with Gasteiger partial charge in [-0.25, -0.2) is 8.78 Å². The molecule has 1 atom stereocenters. The monoisotopic (exact) mass is 333 g/mol. The van der Waals surface area contributed by atoms with Gasteiger partial charge >= 0.3 is 0 Å². The van der Waals surface area contributed by atoms with Gasteiger partial charge in [0.15, 0.2) is 0 Å². The molecule has 1 saturated heterocycles. The van der Waals surface area contributed by atoms with E-state index in [-0.39, 0.29) is 11.8 Å². The van der Waals surface area contributed by atoms with Crippen molar-refractivity contribution in [2.45, 2.75) is 18.9 Å². The van der Waals surface area contributed by atoms with Crippen molar-refractivity contribution in [2.75, 3.05) is 18.5 Å². The van der Waals surface area contributed by atoms with E-state index in [1.807, 2.05) is 0 Å². The third kappa shape index (κ3) is 4.29. The molecule has 0 radical (unpaired) electrons. The summed E-state index contributed by atoms with van der Waals surface area (Å²) >= 11 is 0. The molecule has 1 heterocycles. The first-order chi connectivity index (χ1) is 11.6. The van der Waals surface area contributed by atoms with Crippen LogP contribution >= 0.6 is 0 Å². The Hall–Kier alpha value is -2.47. The highest BCUT2D eigenvalue weighted by Crippen LogP contribution is 2.18. The van der Waals surface area contributed by atoms with E-state index in [1.54, 1.807) is 24.3 Å². The molecule has 24 heavy (non-hydrogen) atoms. The van der Waals surface area contributed by atoms with Crippen molar-refractivity contribution in [2.24, 2.45) is 0 Å². The van der Waals surface area contributed by atoms with Crippen LogP contribution in [0.2, 0.25) is 0 Å². The highest BCUT2D eigenvalue weighted by molar-refractivity contribution is 6.04. The van der Waals surface area contributed by atoms with E-state index in [9.17, 15) is 13.6 Å². The average molecular weight is 333 g/mol. The molecule has 0 spiro atoms. The van der Waals surface area contributed by atoms with Crippen LogP contribution < -0.4 is 10.1 Å². The van der Waals surface area contributed by atoms with Crippen molar-refractivity contribution in [1.82, 2.24) is 0 Å². The predicted octanol–water partition coefficient (Wildman–Crippen LogP) is 3.77. The molecule has 1 amide bonds. The van der Waals surface area contributed by atoms with Crippen molar-refractivity contribution in [1.29, 1.82) is 0 Å². The number of nitrogens with one attached hydrogen (secondary N) is 1. The van der Waals surface area contributed by atoms with Crippen molar-refractivity contribution in [3.05, 3.63) is 59.7 Å². The van der Waals surface area contributed by atoms with Gasteiger partial charge < -0.3 is 14.8 Å². The zero-order valence-electron chi connectivity index (χ0n) is 12.9. The van der Waals surface area contributed by atoms with Crippen LogP contribution in [0.4, 0.5) is 14.5 Å². The van der Waals surface area contributed by atoms with Crippen molar-refractivity contribution >= 4 is 11.6 Å². The van der Waals surface area contributed by atoms with Gasteiger partial charge in [-0.2, -0.15) is 0 Å². The molecule has 1 N–H and O–H groups in total. The summed E-state index contributed by atoms with van der Waals surface area (Å²) in [6, 6.07) is 9.40. The van der Waals surface area contributed by atoms with Crippen LogP contribution in [0.15, 0.2) is 42.5 Å². The van der Waals surface area contributed by atoms with E-state index in [4.69, 9.17) is 9.47 Å². The largest absolute Gasteiger partial charge is 0.491 e. The van der Waals surface area contributed by atoms with Gasteiger partial charge in [-0.3, -0.25) is 4.79 Å². The lowest BCUT2D eigenvalue weighted by molar-refractivity contribution is 0.0679. The van der Waals surface area contributed by atoms with Gasteiger partial charge in [-0.1, -0.05) is 0 Å². The number of amides is 1. The minimum atomic E-state index is -0.747. The SMILES string of the molecule is O=C(Nc1cc(F)cc(F)c1)c1ccc(OCC2CCCO2)cc1. The Morgan fingerprint density at radius 2 is 1.88 bits per heavy atom. The van der Waals surface area contributed by atoms with Crippen LogP contribution in [0.3, 0.4) is 0 Å². The van der Waals surface area contributed by atoms with Crippen LogP contribution in [0.25, 0.3) is 0 Å². The maximum Gasteiger partial charge on any atom is 0.255 e. The molecule has 1 aliphatic rings. The number of rotatable bonds is 5. The molecular formula is C18H17F2NO3. The molecule has 0 saturated carbocycles. The summed E-state index contributed by atoms with van der Waals surface area (Å²) in [4.78, 5) is 12.1. The Kier molecular flexibility index (Phi) is 5.05. The lowest BCUT2D eigenvalue weighted by Crippen LogP contribution is -2.16. The second-order valence-electron chi connectivity index (χ2n) is 5.58. The molecule has 0 aliphatic carbocycles. The van der Waals surface area contributed by atoms with Crippen LogP contribution in [-0.4, -0.2) is 25.2 Å². The summed E-state index contributed by atoms with van der Waals surface area (Å²) in [6.07, 6.45) is 2.16. The molecule has 2 aromatic carbocycles. The Morgan fingerprint density at radius 1 is 1.17 bits per heavy atom. The number of carbonyl (C=O) groups is 1. The molecule has 0 bridgehead atoms. The molecule has 6 heteroatoms. The van der Waals surface area contributed by atoms with Gasteiger partial charge in [-0.05, 0) is 49.2 Å². The number of anilines is 1. The van der Waals surface area contributed by atoms with Crippen molar-refractivity contribution in [3.8, 4) is 5.75 Å². The first kappa shape index (κ1) is 16.4. The van der Waals surface area contributed by atoms with E-state index in [0.29, 0.717) is 17.9 Å². The fourth-order valence-corrected chi connectivity index (χ4v) is 2.50. The van der Waals surface area contributed by atoms with E-state index >= 15 is 0 Å². The number of carbonyl (C=O) groups excluding carboxylic acids is 1. The Balaban J connectivity index is 1.58. The van der Waals surface area contributed by atoms with E-state index < -0.39 is 17.5 Å². The van der Waals surface area contributed by atoms with Crippen LogP contribution in [0, 0.1) is 11.6 Å². The second kappa shape index (κ2) is 7.40. The second-order valence-corrected chi connectivity index (χ2v) is 5.58. The summed E-state index contributed by atoms with van der Waals surface area (Å²) < 4.78 is 37.3. The Morgan fingerprint density at radius 3 is 2.50 bits per heavy atom. The quantitative estimate of drug-likeness (QED) is 0.906. The third-order valence-electron chi connectivity index (χ3n) is 3.70. The Bertz CT molecular complexity index is 692. The molecule has 2 aromatic rings. The standard InChI is InChI=1S/C18H17F2NO3/c19-13-8-14(20)10-15(9-13)21-18(22)12-3-5-16(6-4-12)24-11-17-2-1-7-23-17/h3-6,8-10,17H,1-2,7,11H2,(H,21,22). The van der Waals surface area contributed by atoms with Gasteiger partial charge in [0, 0.05) is 23.9 Å². The molecule has 126 valence electrons. The van der Waals surface area contributed by atoms with Crippen LogP contribution in [0.1, 0.15) is 23.2 Å². The zero-order valence-corrected chi connectivity index (χ0v) is 12.9. The molecule has 1 unspecified atom stereocenters. The third-order valence-corrected chi connectivity index (χ3v) is 3.70. The molecule has 3 rings (SSSR count). The van der Waals surface area contributed by atoms with Gasteiger partial charge in [0.1, 0.15) is 24.0 Å². The molecular weight excluding hydrogens is 316 g/mol. The summed E-state index contributed by atoms with van der Waals surface area (Å²) in [5.41, 5.74) is 0.431. The summed E-state index contributed by atoms with van der Waals surface area (Å²) in [5, 5.41) is 2.46. The molecule has 0 aromatic heterocycles. The highest BCUT2D eigenvalue weighted by Gasteiger charge is 2.16. The summed E-state index contributed by atoms with van der Waals surface area (Å²) in [5.74, 6) is -1.31. The number of benzene rings is 2. The normalized spacial score (nSPS) is 16.8. The van der Waals surface area contributed by atoms with Gasteiger partial charge in [0.2, 0.25) is 0 Å². The Labute approximate surface area is 138 Å². The lowest BCUT2D eigenvalue weighted by Gasteiger charge is -2.12. The van der Waals surface area contributed by atoms with Gasteiger partial charge in [-0.15, -0.1) is 0 Å². The molecule has 4 nitrogen and oxygen atoms in total. The van der Waals surface area contributed by atoms with E-state index in [1.165, 1.54) is 0 Å². The minimum Gasteiger partial charge on any atom is -0.491 e. The molecule has 1 fully saturated rings.